The highest BCUT2D eigenvalue weighted by Gasteiger charge is 2.29. The molecule has 1 aliphatic rings. The monoisotopic (exact) mass is 421 g/mol. The van der Waals surface area contributed by atoms with Gasteiger partial charge >= 0.3 is 0 Å². The lowest BCUT2D eigenvalue weighted by Gasteiger charge is -2.37. The molecular formula is C24H24FN3OS. The molecule has 1 amide bonds. The molecule has 1 fully saturated rings. The molecule has 1 unspecified atom stereocenters. The van der Waals surface area contributed by atoms with E-state index in [9.17, 15) is 9.18 Å². The highest BCUT2D eigenvalue weighted by molar-refractivity contribution is 8.00. The van der Waals surface area contributed by atoms with Crippen LogP contribution in [0.15, 0.2) is 83.8 Å². The van der Waals surface area contributed by atoms with Crippen molar-refractivity contribution in [3.63, 3.8) is 0 Å². The minimum Gasteiger partial charge on any atom is -0.399 e. The first kappa shape index (κ1) is 20.3. The molecule has 0 radical (unpaired) electrons. The quantitative estimate of drug-likeness (QED) is 0.484. The summed E-state index contributed by atoms with van der Waals surface area (Å²) in [4.78, 5) is 18.6. The fraction of sp³-hybridized carbons (Fsp3) is 0.208. The van der Waals surface area contributed by atoms with Gasteiger partial charge in [-0.15, -0.1) is 11.8 Å². The number of piperazine rings is 1. The lowest BCUT2D eigenvalue weighted by molar-refractivity contribution is -0.131. The summed E-state index contributed by atoms with van der Waals surface area (Å²) in [5.74, 6) is -0.125. The second kappa shape index (κ2) is 9.22. The SMILES string of the molecule is Nc1ccc(SC(C(=O)N2CCN(c3ccc(F)cc3)CC2)c2ccccc2)cc1. The van der Waals surface area contributed by atoms with Crippen LogP contribution >= 0.6 is 11.8 Å². The first-order valence-electron chi connectivity index (χ1n) is 9.96. The van der Waals surface area contributed by atoms with Crippen molar-refractivity contribution in [1.82, 2.24) is 4.90 Å². The number of halogens is 1. The standard InChI is InChI=1S/C24H24FN3OS/c25-19-6-10-21(11-7-19)27-14-16-28(17-15-27)24(29)23(18-4-2-1-3-5-18)30-22-12-8-20(26)9-13-22/h1-13,23H,14-17,26H2. The average Bonchev–Trinajstić information content (AvgIpc) is 2.79. The molecule has 0 saturated carbocycles. The smallest absolute Gasteiger partial charge is 0.240 e. The third-order valence-corrected chi connectivity index (χ3v) is 6.50. The zero-order chi connectivity index (χ0) is 20.9. The molecule has 0 bridgehead atoms. The molecule has 0 spiro atoms. The van der Waals surface area contributed by atoms with Crippen LogP contribution in [0.2, 0.25) is 0 Å². The molecule has 2 N–H and O–H groups in total. The Morgan fingerprint density at radius 3 is 2.13 bits per heavy atom. The van der Waals surface area contributed by atoms with E-state index in [2.05, 4.69) is 4.90 Å². The lowest BCUT2D eigenvalue weighted by Crippen LogP contribution is -2.49. The van der Waals surface area contributed by atoms with Crippen molar-refractivity contribution in [2.24, 2.45) is 0 Å². The number of nitrogen functional groups attached to an aromatic ring is 1. The Labute approximate surface area is 180 Å². The van der Waals surface area contributed by atoms with E-state index in [1.807, 2.05) is 59.5 Å². The number of thioether (sulfide) groups is 1. The summed E-state index contributed by atoms with van der Waals surface area (Å²) in [5, 5.41) is -0.313. The minimum absolute atomic E-state index is 0.113. The zero-order valence-electron chi connectivity index (χ0n) is 16.6. The maximum atomic E-state index is 13.5. The number of carbonyl (C=O) groups excluding carboxylic acids is 1. The summed E-state index contributed by atoms with van der Waals surface area (Å²) in [6.45, 7) is 2.74. The first-order chi connectivity index (χ1) is 14.6. The molecule has 1 saturated heterocycles. The van der Waals surface area contributed by atoms with Gasteiger partial charge in [-0.25, -0.2) is 4.39 Å². The van der Waals surface area contributed by atoms with Gasteiger partial charge in [-0.1, -0.05) is 30.3 Å². The maximum Gasteiger partial charge on any atom is 0.240 e. The molecule has 1 heterocycles. The number of carbonyl (C=O) groups is 1. The third-order valence-electron chi connectivity index (χ3n) is 5.24. The Kier molecular flexibility index (Phi) is 6.23. The van der Waals surface area contributed by atoms with Crippen molar-refractivity contribution in [3.8, 4) is 0 Å². The molecule has 1 atom stereocenters. The van der Waals surface area contributed by atoms with Crippen LogP contribution < -0.4 is 10.6 Å². The normalized spacial score (nSPS) is 15.1. The van der Waals surface area contributed by atoms with E-state index in [4.69, 9.17) is 5.73 Å². The second-order valence-corrected chi connectivity index (χ2v) is 8.44. The largest absolute Gasteiger partial charge is 0.399 e. The molecular weight excluding hydrogens is 397 g/mol. The highest BCUT2D eigenvalue weighted by Crippen LogP contribution is 2.37. The Morgan fingerprint density at radius 1 is 0.867 bits per heavy atom. The molecule has 6 heteroatoms. The number of anilines is 2. The highest BCUT2D eigenvalue weighted by atomic mass is 32.2. The number of amides is 1. The second-order valence-electron chi connectivity index (χ2n) is 7.27. The average molecular weight is 422 g/mol. The van der Waals surface area contributed by atoms with Gasteiger partial charge in [0.05, 0.1) is 0 Å². The summed E-state index contributed by atoms with van der Waals surface area (Å²) in [6, 6.07) is 24.0. The van der Waals surface area contributed by atoms with Gasteiger partial charge in [-0.05, 0) is 54.1 Å². The molecule has 4 rings (SSSR count). The molecule has 0 aliphatic carbocycles. The Balaban J connectivity index is 1.48. The molecule has 3 aromatic carbocycles. The molecule has 30 heavy (non-hydrogen) atoms. The maximum absolute atomic E-state index is 13.5. The van der Waals surface area contributed by atoms with Gasteiger partial charge in [-0.2, -0.15) is 0 Å². The van der Waals surface area contributed by atoms with Gasteiger partial charge in [-0.3, -0.25) is 4.79 Å². The van der Waals surface area contributed by atoms with Crippen LogP contribution in [0.5, 0.6) is 0 Å². The topological polar surface area (TPSA) is 49.6 Å². The summed E-state index contributed by atoms with van der Waals surface area (Å²) < 4.78 is 13.2. The van der Waals surface area contributed by atoms with E-state index in [0.29, 0.717) is 18.8 Å². The predicted molar refractivity (Wildman–Crippen MR) is 121 cm³/mol. The predicted octanol–water partition coefficient (Wildman–Crippen LogP) is 4.59. The van der Waals surface area contributed by atoms with Gasteiger partial charge in [0.15, 0.2) is 0 Å². The van der Waals surface area contributed by atoms with Crippen molar-refractivity contribution >= 4 is 29.0 Å². The summed E-state index contributed by atoms with van der Waals surface area (Å²) in [5.41, 5.74) is 8.49. The number of benzene rings is 3. The van der Waals surface area contributed by atoms with E-state index in [-0.39, 0.29) is 17.0 Å². The van der Waals surface area contributed by atoms with Crippen LogP contribution in [0.3, 0.4) is 0 Å². The summed E-state index contributed by atoms with van der Waals surface area (Å²) in [6.07, 6.45) is 0. The molecule has 0 aromatic heterocycles. The first-order valence-corrected chi connectivity index (χ1v) is 10.8. The molecule has 154 valence electrons. The fourth-order valence-corrected chi connectivity index (χ4v) is 4.68. The van der Waals surface area contributed by atoms with Crippen molar-refractivity contribution in [2.45, 2.75) is 10.1 Å². The van der Waals surface area contributed by atoms with Gasteiger partial charge in [0.2, 0.25) is 5.91 Å². The van der Waals surface area contributed by atoms with Crippen molar-refractivity contribution in [3.05, 3.63) is 90.2 Å². The number of rotatable bonds is 5. The van der Waals surface area contributed by atoms with Gasteiger partial charge in [0, 0.05) is 42.4 Å². The van der Waals surface area contributed by atoms with Crippen LogP contribution in [0, 0.1) is 5.82 Å². The third kappa shape index (κ3) is 4.76. The molecule has 3 aromatic rings. The van der Waals surface area contributed by atoms with E-state index in [1.165, 1.54) is 12.1 Å². The number of nitrogens with two attached hydrogens (primary N) is 1. The van der Waals surface area contributed by atoms with Gasteiger partial charge in [0.1, 0.15) is 11.1 Å². The van der Waals surface area contributed by atoms with Crippen molar-refractivity contribution < 1.29 is 9.18 Å². The Morgan fingerprint density at radius 2 is 1.50 bits per heavy atom. The van der Waals surface area contributed by atoms with Crippen LogP contribution in [0.4, 0.5) is 15.8 Å². The summed E-state index contributed by atoms with van der Waals surface area (Å²) >= 11 is 1.55. The van der Waals surface area contributed by atoms with Crippen LogP contribution in [0.1, 0.15) is 10.8 Å². The van der Waals surface area contributed by atoms with Crippen LogP contribution in [0.25, 0.3) is 0 Å². The van der Waals surface area contributed by atoms with Gasteiger partial charge < -0.3 is 15.5 Å². The number of hydrogen-bond donors (Lipinski definition) is 1. The van der Waals surface area contributed by atoms with Crippen molar-refractivity contribution in [2.75, 3.05) is 36.8 Å². The van der Waals surface area contributed by atoms with Crippen LogP contribution in [-0.4, -0.2) is 37.0 Å². The minimum atomic E-state index is -0.313. The van der Waals surface area contributed by atoms with E-state index in [0.717, 1.165) is 29.2 Å². The Bertz CT molecular complexity index is 972. The molecule has 1 aliphatic heterocycles. The number of nitrogens with zero attached hydrogens (tertiary/aromatic N) is 2. The number of hydrogen-bond acceptors (Lipinski definition) is 4. The Hall–Kier alpha value is -2.99. The van der Waals surface area contributed by atoms with E-state index < -0.39 is 0 Å². The van der Waals surface area contributed by atoms with E-state index >= 15 is 0 Å². The molecule has 4 nitrogen and oxygen atoms in total. The van der Waals surface area contributed by atoms with Crippen molar-refractivity contribution in [1.29, 1.82) is 0 Å². The zero-order valence-corrected chi connectivity index (χ0v) is 17.4. The van der Waals surface area contributed by atoms with Crippen LogP contribution in [-0.2, 0) is 4.79 Å². The van der Waals surface area contributed by atoms with Gasteiger partial charge in [0.25, 0.3) is 0 Å². The lowest BCUT2D eigenvalue weighted by atomic mass is 10.1. The van der Waals surface area contributed by atoms with E-state index in [1.54, 1.807) is 23.9 Å². The fourth-order valence-electron chi connectivity index (χ4n) is 3.57. The summed E-state index contributed by atoms with van der Waals surface area (Å²) in [7, 11) is 0.